The molecule has 2 rings (SSSR count). The molecule has 0 radical (unpaired) electrons. The molecule has 0 bridgehead atoms. The highest BCUT2D eigenvalue weighted by Gasteiger charge is 2.14. The molecule has 0 fully saturated rings. The van der Waals surface area contributed by atoms with Gasteiger partial charge in [0.05, 0.1) is 0 Å². The Hall–Kier alpha value is -1.48. The minimum absolute atomic E-state index is 0.273. The van der Waals surface area contributed by atoms with Crippen LogP contribution in [0.2, 0.25) is 0 Å². The molecule has 2 aromatic rings. The topological polar surface area (TPSA) is 38.9 Å². The van der Waals surface area contributed by atoms with Gasteiger partial charge in [0, 0.05) is 16.6 Å². The van der Waals surface area contributed by atoms with Gasteiger partial charge in [-0.25, -0.2) is 4.39 Å². The van der Waals surface area contributed by atoms with Gasteiger partial charge in [0.25, 0.3) is 0 Å². The summed E-state index contributed by atoms with van der Waals surface area (Å²) < 4.78 is 13.9. The summed E-state index contributed by atoms with van der Waals surface area (Å²) in [5.74, 6) is -0.273. The smallest absolute Gasteiger partial charge is 0.149 e. The summed E-state index contributed by atoms with van der Waals surface area (Å²) in [7, 11) is 0. The predicted octanol–water partition coefficient (Wildman–Crippen LogP) is 2.96. The fraction of sp³-hybridized carbons (Fsp3) is 0.357. The first kappa shape index (κ1) is 12.0. The van der Waals surface area contributed by atoms with Gasteiger partial charge in [0.2, 0.25) is 0 Å². The van der Waals surface area contributed by atoms with E-state index >= 15 is 0 Å². The van der Waals surface area contributed by atoms with Crippen LogP contribution in [0.3, 0.4) is 0 Å². The van der Waals surface area contributed by atoms with Crippen molar-refractivity contribution in [2.24, 2.45) is 5.73 Å². The molecule has 90 valence electrons. The lowest BCUT2D eigenvalue weighted by molar-refractivity contribution is 0.515. The summed E-state index contributed by atoms with van der Waals surface area (Å²) in [4.78, 5) is 4.21. The van der Waals surface area contributed by atoms with E-state index in [-0.39, 0.29) is 11.4 Å². The van der Waals surface area contributed by atoms with E-state index in [4.69, 9.17) is 5.73 Å². The van der Waals surface area contributed by atoms with Crippen molar-refractivity contribution in [3.8, 4) is 0 Å². The van der Waals surface area contributed by atoms with Gasteiger partial charge in [-0.1, -0.05) is 6.07 Å². The predicted molar refractivity (Wildman–Crippen MR) is 68.4 cm³/mol. The van der Waals surface area contributed by atoms with E-state index in [2.05, 4.69) is 4.98 Å². The monoisotopic (exact) mass is 232 g/mol. The Morgan fingerprint density at radius 2 is 2.00 bits per heavy atom. The van der Waals surface area contributed by atoms with Crippen molar-refractivity contribution < 1.29 is 4.39 Å². The second kappa shape index (κ2) is 4.08. The number of hydrogen-bond acceptors (Lipinski definition) is 2. The Morgan fingerprint density at radius 1 is 1.29 bits per heavy atom. The molecular formula is C14H17FN2. The van der Waals surface area contributed by atoms with E-state index in [0.29, 0.717) is 11.9 Å². The molecule has 0 spiro atoms. The average molecular weight is 232 g/mol. The first-order valence-electron chi connectivity index (χ1n) is 5.70. The largest absolute Gasteiger partial charge is 0.325 e. The maximum atomic E-state index is 13.9. The standard InChI is InChI=1S/C14H17FN2/c1-9-4-5-11-6-10(8-14(2,3)16)7-12(15)13(11)17-9/h4-7H,8,16H2,1-3H3. The van der Waals surface area contributed by atoms with Crippen LogP contribution < -0.4 is 5.73 Å². The van der Waals surface area contributed by atoms with E-state index in [1.54, 1.807) is 0 Å². The van der Waals surface area contributed by atoms with Gasteiger partial charge < -0.3 is 5.73 Å². The fourth-order valence-corrected chi connectivity index (χ4v) is 1.98. The maximum Gasteiger partial charge on any atom is 0.149 e. The number of nitrogens with two attached hydrogens (primary N) is 1. The van der Waals surface area contributed by atoms with Gasteiger partial charge in [-0.15, -0.1) is 0 Å². The van der Waals surface area contributed by atoms with Crippen molar-refractivity contribution in [3.05, 3.63) is 41.3 Å². The highest BCUT2D eigenvalue weighted by atomic mass is 19.1. The molecule has 0 atom stereocenters. The van der Waals surface area contributed by atoms with Crippen LogP contribution in [-0.4, -0.2) is 10.5 Å². The van der Waals surface area contributed by atoms with Gasteiger partial charge in [-0.2, -0.15) is 0 Å². The molecule has 1 aromatic carbocycles. The quantitative estimate of drug-likeness (QED) is 0.864. The highest BCUT2D eigenvalue weighted by molar-refractivity contribution is 5.80. The molecule has 2 N–H and O–H groups in total. The van der Waals surface area contributed by atoms with E-state index in [1.165, 1.54) is 6.07 Å². The van der Waals surface area contributed by atoms with Crippen LogP contribution in [0.15, 0.2) is 24.3 Å². The number of pyridine rings is 1. The Balaban J connectivity index is 2.52. The molecule has 0 saturated carbocycles. The fourth-order valence-electron chi connectivity index (χ4n) is 1.98. The zero-order chi connectivity index (χ0) is 12.6. The Labute approximate surface area is 101 Å². The molecule has 0 saturated heterocycles. The zero-order valence-corrected chi connectivity index (χ0v) is 10.4. The maximum absolute atomic E-state index is 13.9. The molecular weight excluding hydrogens is 215 g/mol. The first-order valence-corrected chi connectivity index (χ1v) is 5.70. The lowest BCUT2D eigenvalue weighted by Gasteiger charge is -2.18. The highest BCUT2D eigenvalue weighted by Crippen LogP contribution is 2.21. The number of rotatable bonds is 2. The lowest BCUT2D eigenvalue weighted by Crippen LogP contribution is -2.34. The zero-order valence-electron chi connectivity index (χ0n) is 10.4. The van der Waals surface area contributed by atoms with Crippen molar-refractivity contribution in [3.63, 3.8) is 0 Å². The van der Waals surface area contributed by atoms with Gasteiger partial charge in [-0.05, 0) is 51.0 Å². The molecule has 2 nitrogen and oxygen atoms in total. The summed E-state index contributed by atoms with van der Waals surface area (Å²) in [5.41, 5.74) is 7.78. The van der Waals surface area contributed by atoms with Crippen LogP contribution >= 0.6 is 0 Å². The summed E-state index contributed by atoms with van der Waals surface area (Å²) in [6.07, 6.45) is 0.647. The molecule has 0 unspecified atom stereocenters. The van der Waals surface area contributed by atoms with Crippen LogP contribution in [0.1, 0.15) is 25.1 Å². The van der Waals surface area contributed by atoms with Gasteiger partial charge in [-0.3, -0.25) is 4.98 Å². The Morgan fingerprint density at radius 3 is 2.65 bits per heavy atom. The molecule has 1 heterocycles. The van der Waals surface area contributed by atoms with Crippen LogP contribution in [0.5, 0.6) is 0 Å². The molecule has 0 amide bonds. The summed E-state index contributed by atoms with van der Waals surface area (Å²) in [5, 5.41) is 0.829. The molecule has 0 aliphatic carbocycles. The summed E-state index contributed by atoms with van der Waals surface area (Å²) >= 11 is 0. The lowest BCUT2D eigenvalue weighted by atomic mass is 9.95. The van der Waals surface area contributed by atoms with Crippen molar-refractivity contribution in [1.29, 1.82) is 0 Å². The van der Waals surface area contributed by atoms with Crippen molar-refractivity contribution in [2.75, 3.05) is 0 Å². The molecule has 17 heavy (non-hydrogen) atoms. The van der Waals surface area contributed by atoms with E-state index < -0.39 is 0 Å². The van der Waals surface area contributed by atoms with Crippen molar-refractivity contribution in [2.45, 2.75) is 32.7 Å². The second-order valence-corrected chi connectivity index (χ2v) is 5.27. The average Bonchev–Trinajstić information content (AvgIpc) is 2.17. The van der Waals surface area contributed by atoms with Gasteiger partial charge >= 0.3 is 0 Å². The van der Waals surface area contributed by atoms with Gasteiger partial charge in [0.15, 0.2) is 0 Å². The third-order valence-electron chi connectivity index (χ3n) is 2.60. The summed E-state index contributed by atoms with van der Waals surface area (Å²) in [6.45, 7) is 5.72. The first-order chi connectivity index (χ1) is 7.85. The minimum Gasteiger partial charge on any atom is -0.325 e. The van der Waals surface area contributed by atoms with E-state index in [9.17, 15) is 4.39 Å². The van der Waals surface area contributed by atoms with Crippen LogP contribution in [0.4, 0.5) is 4.39 Å². The van der Waals surface area contributed by atoms with Crippen molar-refractivity contribution in [1.82, 2.24) is 4.98 Å². The molecule has 3 heteroatoms. The van der Waals surface area contributed by atoms with Crippen LogP contribution in [-0.2, 0) is 6.42 Å². The Bertz CT molecular complexity index is 556. The SMILES string of the molecule is Cc1ccc2cc(CC(C)(C)N)cc(F)c2n1. The second-order valence-electron chi connectivity index (χ2n) is 5.27. The molecule has 0 aliphatic heterocycles. The Kier molecular flexibility index (Phi) is 2.87. The molecule has 1 aromatic heterocycles. The third-order valence-corrected chi connectivity index (χ3v) is 2.60. The summed E-state index contributed by atoms with van der Waals surface area (Å²) in [6, 6.07) is 7.27. The molecule has 0 aliphatic rings. The number of aromatic nitrogens is 1. The minimum atomic E-state index is -0.335. The van der Waals surface area contributed by atoms with Gasteiger partial charge in [0.1, 0.15) is 11.3 Å². The van der Waals surface area contributed by atoms with Crippen molar-refractivity contribution >= 4 is 10.9 Å². The number of aryl methyl sites for hydroxylation is 1. The third kappa shape index (κ3) is 2.80. The number of hydrogen-bond donors (Lipinski definition) is 1. The number of nitrogens with zero attached hydrogens (tertiary/aromatic N) is 1. The van der Waals surface area contributed by atoms with Crippen LogP contribution in [0.25, 0.3) is 10.9 Å². The number of benzene rings is 1. The number of halogens is 1. The normalized spacial score (nSPS) is 12.1. The van der Waals surface area contributed by atoms with Crippen LogP contribution in [0, 0.1) is 12.7 Å². The number of fused-ring (bicyclic) bond motifs is 1. The van der Waals surface area contributed by atoms with E-state index in [0.717, 1.165) is 16.6 Å². The van der Waals surface area contributed by atoms with E-state index in [1.807, 2.05) is 39.0 Å².